The number of allylic oxidation sites excluding steroid dienone is 1. The van der Waals surface area contributed by atoms with E-state index < -0.39 is 5.92 Å². The summed E-state index contributed by atoms with van der Waals surface area (Å²) in [6.07, 6.45) is 3.59. The highest BCUT2D eigenvalue weighted by Crippen LogP contribution is 2.31. The van der Waals surface area contributed by atoms with Crippen molar-refractivity contribution in [2.24, 2.45) is 0 Å². The van der Waals surface area contributed by atoms with Gasteiger partial charge in [-0.15, -0.1) is 0 Å². The van der Waals surface area contributed by atoms with Crippen molar-refractivity contribution in [1.82, 2.24) is 19.8 Å². The van der Waals surface area contributed by atoms with Crippen LogP contribution in [-0.2, 0) is 4.79 Å². The Morgan fingerprint density at radius 1 is 1.42 bits per heavy atom. The van der Waals surface area contributed by atoms with Gasteiger partial charge < -0.3 is 5.32 Å². The summed E-state index contributed by atoms with van der Waals surface area (Å²) in [7, 11) is 1.81. The Balaban J connectivity index is 1.56. The topological polar surface area (TPSA) is 91.0 Å². The van der Waals surface area contributed by atoms with Gasteiger partial charge in [0.05, 0.1) is 23.6 Å². The molecule has 1 fully saturated rings. The number of benzene rings is 1. The molecule has 1 aliphatic carbocycles. The fraction of sp³-hybridized carbons (Fsp3) is 0.368. The molecule has 4 rings (SSSR count). The normalized spacial score (nSPS) is 19.2. The first kappa shape index (κ1) is 16.5. The third kappa shape index (κ3) is 3.00. The minimum Gasteiger partial charge on any atom is -0.352 e. The van der Waals surface area contributed by atoms with Crippen molar-refractivity contribution in [2.45, 2.75) is 24.8 Å². The number of imidazole rings is 1. The minimum absolute atomic E-state index is 0.0292. The number of carbonyl (C=O) groups excluding carboxylic acids is 2. The second kappa shape index (κ2) is 6.39. The number of nitrogens with one attached hydrogen (secondary N) is 1. The van der Waals surface area contributed by atoms with E-state index in [9.17, 15) is 14.9 Å². The van der Waals surface area contributed by atoms with Crippen molar-refractivity contribution < 1.29 is 9.59 Å². The molecule has 0 spiro atoms. The molecule has 26 heavy (non-hydrogen) atoms. The van der Waals surface area contributed by atoms with Crippen LogP contribution in [0.15, 0.2) is 35.9 Å². The standard InChI is InChI=1S/C19H19N5O2/c1-23(11-17(25)21-13-6-7-13)10-12-8-18(26)24-16-5-3-2-4-15(16)22-19(24)14(12)9-20/h2-5,8,13-14H,6-7,10-11H2,1H3,(H,21,25). The molecule has 7 nitrogen and oxygen atoms in total. The average molecular weight is 349 g/mol. The van der Waals surface area contributed by atoms with E-state index >= 15 is 0 Å². The smallest absolute Gasteiger partial charge is 0.256 e. The lowest BCUT2D eigenvalue weighted by Gasteiger charge is -2.24. The van der Waals surface area contributed by atoms with Gasteiger partial charge in [-0.3, -0.25) is 19.1 Å². The zero-order chi connectivity index (χ0) is 18.3. The van der Waals surface area contributed by atoms with E-state index in [0.29, 0.717) is 35.0 Å². The van der Waals surface area contributed by atoms with Gasteiger partial charge in [0.1, 0.15) is 11.7 Å². The van der Waals surface area contributed by atoms with Crippen LogP contribution in [0.2, 0.25) is 0 Å². The lowest BCUT2D eigenvalue weighted by Crippen LogP contribution is -2.38. The fourth-order valence-electron chi connectivity index (χ4n) is 3.33. The van der Waals surface area contributed by atoms with Crippen molar-refractivity contribution in [3.63, 3.8) is 0 Å². The van der Waals surface area contributed by atoms with Crippen LogP contribution in [0.5, 0.6) is 0 Å². The van der Waals surface area contributed by atoms with E-state index in [-0.39, 0.29) is 18.4 Å². The maximum Gasteiger partial charge on any atom is 0.256 e. The van der Waals surface area contributed by atoms with Crippen LogP contribution >= 0.6 is 0 Å². The molecular formula is C19H19N5O2. The number of rotatable bonds is 5. The zero-order valence-corrected chi connectivity index (χ0v) is 14.5. The summed E-state index contributed by atoms with van der Waals surface area (Å²) in [5.41, 5.74) is 2.07. The fourth-order valence-corrected chi connectivity index (χ4v) is 3.33. The lowest BCUT2D eigenvalue weighted by molar-refractivity contribution is -0.122. The highest BCUT2D eigenvalue weighted by atomic mass is 16.2. The highest BCUT2D eigenvalue weighted by Gasteiger charge is 2.31. The number of fused-ring (bicyclic) bond motifs is 3. The van der Waals surface area contributed by atoms with Gasteiger partial charge in [0, 0.05) is 18.7 Å². The molecule has 1 aliphatic heterocycles. The van der Waals surface area contributed by atoms with Crippen molar-refractivity contribution in [3.8, 4) is 6.07 Å². The molecule has 0 saturated heterocycles. The van der Waals surface area contributed by atoms with Crippen LogP contribution in [0, 0.1) is 11.3 Å². The van der Waals surface area contributed by atoms with Crippen LogP contribution in [0.1, 0.15) is 29.4 Å². The van der Waals surface area contributed by atoms with Crippen molar-refractivity contribution in [2.75, 3.05) is 20.1 Å². The molecule has 1 aromatic carbocycles. The Bertz CT molecular complexity index is 964. The molecular weight excluding hydrogens is 330 g/mol. The summed E-state index contributed by atoms with van der Waals surface area (Å²) in [5, 5.41) is 12.6. The van der Waals surface area contributed by atoms with Gasteiger partial charge in [0.25, 0.3) is 5.91 Å². The van der Waals surface area contributed by atoms with E-state index in [1.165, 1.54) is 10.6 Å². The Labute approximate surface area is 150 Å². The third-order valence-electron chi connectivity index (χ3n) is 4.68. The Morgan fingerprint density at radius 3 is 2.92 bits per heavy atom. The van der Waals surface area contributed by atoms with Crippen molar-refractivity contribution in [3.05, 3.63) is 41.7 Å². The van der Waals surface area contributed by atoms with Gasteiger partial charge in [-0.1, -0.05) is 12.1 Å². The molecule has 1 aromatic heterocycles. The number of hydrogen-bond donors (Lipinski definition) is 1. The number of nitriles is 1. The van der Waals surface area contributed by atoms with Gasteiger partial charge in [-0.25, -0.2) is 4.98 Å². The van der Waals surface area contributed by atoms with Gasteiger partial charge >= 0.3 is 0 Å². The van der Waals surface area contributed by atoms with E-state index in [0.717, 1.165) is 12.8 Å². The Hall–Kier alpha value is -2.98. The molecule has 1 amide bonds. The van der Waals surface area contributed by atoms with Crippen LogP contribution in [0.25, 0.3) is 11.0 Å². The first-order chi connectivity index (χ1) is 12.6. The average Bonchev–Trinajstić information content (AvgIpc) is 3.31. The summed E-state index contributed by atoms with van der Waals surface area (Å²) in [6, 6.07) is 9.93. The summed E-state index contributed by atoms with van der Waals surface area (Å²) < 4.78 is 1.51. The van der Waals surface area contributed by atoms with Crippen LogP contribution in [-0.4, -0.2) is 52.4 Å². The first-order valence-corrected chi connectivity index (χ1v) is 8.66. The molecule has 2 aromatic rings. The largest absolute Gasteiger partial charge is 0.352 e. The molecule has 2 aliphatic rings. The maximum atomic E-state index is 12.6. The van der Waals surface area contributed by atoms with Crippen LogP contribution < -0.4 is 5.32 Å². The first-order valence-electron chi connectivity index (χ1n) is 8.66. The van der Waals surface area contributed by atoms with Crippen molar-refractivity contribution in [1.29, 1.82) is 5.26 Å². The lowest BCUT2D eigenvalue weighted by atomic mass is 9.95. The number of hydrogen-bond acceptors (Lipinski definition) is 5. The highest BCUT2D eigenvalue weighted by molar-refractivity contribution is 5.99. The molecule has 1 atom stereocenters. The number of para-hydroxylation sites is 2. The Morgan fingerprint density at radius 2 is 2.19 bits per heavy atom. The van der Waals surface area contributed by atoms with Gasteiger partial charge in [-0.2, -0.15) is 5.26 Å². The molecule has 0 bridgehead atoms. The monoisotopic (exact) mass is 349 g/mol. The minimum atomic E-state index is -0.603. The summed E-state index contributed by atoms with van der Waals surface area (Å²) in [6.45, 7) is 0.599. The molecule has 7 heteroatoms. The molecule has 2 heterocycles. The number of nitrogens with zero attached hydrogens (tertiary/aromatic N) is 4. The van der Waals surface area contributed by atoms with Crippen LogP contribution in [0.4, 0.5) is 0 Å². The predicted molar refractivity (Wildman–Crippen MR) is 95.5 cm³/mol. The van der Waals surface area contributed by atoms with Gasteiger partial charge in [0.2, 0.25) is 5.91 Å². The van der Waals surface area contributed by atoms with Crippen molar-refractivity contribution >= 4 is 22.8 Å². The van der Waals surface area contributed by atoms with Crippen LogP contribution in [0.3, 0.4) is 0 Å². The van der Waals surface area contributed by atoms with E-state index in [4.69, 9.17) is 0 Å². The Kier molecular flexibility index (Phi) is 4.05. The number of likely N-dealkylation sites (N-methyl/N-ethyl adjacent to an activating group) is 1. The SMILES string of the molecule is CN(CC(=O)NC1CC1)CC1=CC(=O)n2c(nc3ccccc32)C1C#N. The number of carbonyl (C=O) groups is 2. The molecule has 1 saturated carbocycles. The van der Waals surface area contributed by atoms with Gasteiger partial charge in [0.15, 0.2) is 0 Å². The van der Waals surface area contributed by atoms with E-state index in [1.807, 2.05) is 36.2 Å². The maximum absolute atomic E-state index is 12.6. The summed E-state index contributed by atoms with van der Waals surface area (Å²) >= 11 is 0. The van der Waals surface area contributed by atoms with E-state index in [1.54, 1.807) is 0 Å². The van der Waals surface area contributed by atoms with E-state index in [2.05, 4.69) is 16.4 Å². The summed E-state index contributed by atoms with van der Waals surface area (Å²) in [5.74, 6) is -0.384. The summed E-state index contributed by atoms with van der Waals surface area (Å²) in [4.78, 5) is 30.9. The molecule has 1 unspecified atom stereocenters. The molecule has 1 N–H and O–H groups in total. The molecule has 0 radical (unpaired) electrons. The number of amides is 1. The number of aromatic nitrogens is 2. The third-order valence-corrected chi connectivity index (χ3v) is 4.68. The zero-order valence-electron chi connectivity index (χ0n) is 14.5. The second-order valence-electron chi connectivity index (χ2n) is 6.93. The predicted octanol–water partition coefficient (Wildman–Crippen LogP) is 1.43. The second-order valence-corrected chi connectivity index (χ2v) is 6.93. The molecule has 132 valence electrons. The van der Waals surface area contributed by atoms with Gasteiger partial charge in [-0.05, 0) is 37.6 Å². The quantitative estimate of drug-likeness (QED) is 0.882.